The minimum atomic E-state index is -1.09. The Morgan fingerprint density at radius 3 is 2.79 bits per heavy atom. The number of benzene rings is 1. The Kier molecular flexibility index (Phi) is 4.01. The fourth-order valence-electron chi connectivity index (χ4n) is 1.81. The monoisotopic (exact) mass is 324 g/mol. The van der Waals surface area contributed by atoms with Crippen LogP contribution < -0.4 is 0 Å². The van der Waals surface area contributed by atoms with Crippen LogP contribution in [0.2, 0.25) is 0 Å². The maximum Gasteiger partial charge on any atom is 0.356 e. The van der Waals surface area contributed by atoms with E-state index in [0.717, 1.165) is 15.7 Å². The highest BCUT2D eigenvalue weighted by Gasteiger charge is 2.16. The Labute approximate surface area is 118 Å². The summed E-state index contributed by atoms with van der Waals surface area (Å²) in [4.78, 5) is 11.1. The molecular weight excluding hydrogens is 312 g/mol. The lowest BCUT2D eigenvalue weighted by Crippen LogP contribution is -2.04. The minimum absolute atomic E-state index is 0.0264. The van der Waals surface area contributed by atoms with Crippen molar-refractivity contribution in [2.45, 2.75) is 13.3 Å². The number of aryl methyl sites for hydroxylation is 1. The van der Waals surface area contributed by atoms with Gasteiger partial charge in [0, 0.05) is 22.8 Å². The molecule has 1 aromatic carbocycles. The van der Waals surface area contributed by atoms with Crippen molar-refractivity contribution >= 4 is 21.9 Å². The Balaban J connectivity index is 2.50. The summed E-state index contributed by atoms with van der Waals surface area (Å²) >= 11 is 3.44. The summed E-state index contributed by atoms with van der Waals surface area (Å²) in [5.41, 5.74) is 2.35. The van der Waals surface area contributed by atoms with E-state index in [-0.39, 0.29) is 18.7 Å². The molecule has 5 nitrogen and oxygen atoms in total. The zero-order valence-corrected chi connectivity index (χ0v) is 11.9. The second-order valence-electron chi connectivity index (χ2n) is 4.18. The maximum absolute atomic E-state index is 11.1. The number of carboxylic acid groups (broad SMARTS) is 1. The summed E-state index contributed by atoms with van der Waals surface area (Å²) in [5, 5.41) is 22.1. The van der Waals surface area contributed by atoms with Gasteiger partial charge < -0.3 is 10.2 Å². The Bertz CT molecular complexity index is 622. The average Bonchev–Trinajstić information content (AvgIpc) is 2.73. The molecule has 0 amide bonds. The highest BCUT2D eigenvalue weighted by molar-refractivity contribution is 9.10. The van der Waals surface area contributed by atoms with Crippen LogP contribution in [0.4, 0.5) is 0 Å². The molecule has 0 aliphatic carbocycles. The first-order valence-electron chi connectivity index (χ1n) is 5.72. The number of carboxylic acids is 1. The fourth-order valence-corrected chi connectivity index (χ4v) is 2.49. The third-order valence-electron chi connectivity index (χ3n) is 2.72. The van der Waals surface area contributed by atoms with E-state index < -0.39 is 5.97 Å². The first-order valence-corrected chi connectivity index (χ1v) is 6.51. The molecule has 0 bridgehead atoms. The van der Waals surface area contributed by atoms with Crippen molar-refractivity contribution in [2.24, 2.45) is 0 Å². The first kappa shape index (κ1) is 13.8. The van der Waals surface area contributed by atoms with Gasteiger partial charge >= 0.3 is 5.97 Å². The zero-order valence-electron chi connectivity index (χ0n) is 10.3. The Hall–Kier alpha value is -1.66. The number of aliphatic hydroxyl groups is 1. The van der Waals surface area contributed by atoms with E-state index in [1.807, 2.05) is 25.1 Å². The number of aromatic nitrogens is 2. The van der Waals surface area contributed by atoms with Crippen molar-refractivity contribution in [3.8, 4) is 5.69 Å². The molecule has 0 spiro atoms. The van der Waals surface area contributed by atoms with E-state index in [4.69, 9.17) is 10.2 Å². The summed E-state index contributed by atoms with van der Waals surface area (Å²) < 4.78 is 2.35. The Morgan fingerprint density at radius 1 is 1.47 bits per heavy atom. The van der Waals surface area contributed by atoms with Gasteiger partial charge in [0.05, 0.1) is 5.69 Å². The van der Waals surface area contributed by atoms with E-state index in [0.29, 0.717) is 5.56 Å². The molecule has 0 aliphatic heterocycles. The summed E-state index contributed by atoms with van der Waals surface area (Å²) in [7, 11) is 0. The highest BCUT2D eigenvalue weighted by Crippen LogP contribution is 2.23. The second-order valence-corrected chi connectivity index (χ2v) is 5.04. The number of halogens is 1. The number of aliphatic hydroxyl groups excluding tert-OH is 1. The van der Waals surface area contributed by atoms with Crippen LogP contribution >= 0.6 is 15.9 Å². The van der Waals surface area contributed by atoms with E-state index in [2.05, 4.69) is 21.0 Å². The molecule has 0 radical (unpaired) electrons. The van der Waals surface area contributed by atoms with Gasteiger partial charge in [-0.15, -0.1) is 0 Å². The van der Waals surface area contributed by atoms with Crippen LogP contribution in [0.15, 0.2) is 28.9 Å². The fraction of sp³-hybridized carbons (Fsp3) is 0.231. The summed E-state index contributed by atoms with van der Waals surface area (Å²) in [6.07, 6.45) is 1.90. The minimum Gasteiger partial charge on any atom is -0.476 e. The van der Waals surface area contributed by atoms with Crippen molar-refractivity contribution in [3.63, 3.8) is 0 Å². The molecule has 0 unspecified atom stereocenters. The molecule has 1 aromatic heterocycles. The summed E-state index contributed by atoms with van der Waals surface area (Å²) in [5.74, 6) is -1.09. The molecule has 6 heteroatoms. The van der Waals surface area contributed by atoms with Crippen LogP contribution in [0.1, 0.15) is 21.6 Å². The molecule has 0 saturated heterocycles. The predicted molar refractivity (Wildman–Crippen MR) is 73.8 cm³/mol. The number of carbonyl (C=O) groups is 1. The topological polar surface area (TPSA) is 75.4 Å². The van der Waals surface area contributed by atoms with Crippen LogP contribution in [0.25, 0.3) is 5.69 Å². The van der Waals surface area contributed by atoms with Gasteiger partial charge in [-0.2, -0.15) is 5.10 Å². The van der Waals surface area contributed by atoms with Crippen LogP contribution in [0.5, 0.6) is 0 Å². The predicted octanol–water partition coefficient (Wildman–Crippen LogP) is 2.18. The van der Waals surface area contributed by atoms with Gasteiger partial charge in [-0.1, -0.05) is 6.07 Å². The van der Waals surface area contributed by atoms with Crippen LogP contribution in [0, 0.1) is 6.92 Å². The third kappa shape index (κ3) is 2.85. The molecule has 100 valence electrons. The molecule has 0 atom stereocenters. The molecule has 1 heterocycles. The zero-order chi connectivity index (χ0) is 14.0. The standard InChI is InChI=1S/C13H13BrN2O3/c1-8-2-3-11(10(14)6-8)16-7-9(4-5-17)12(15-16)13(18)19/h2-3,6-7,17H,4-5H2,1H3,(H,18,19). The summed E-state index contributed by atoms with van der Waals surface area (Å²) in [6.45, 7) is 1.86. The van der Waals surface area contributed by atoms with Crippen molar-refractivity contribution in [1.29, 1.82) is 0 Å². The van der Waals surface area contributed by atoms with Crippen molar-refractivity contribution in [3.05, 3.63) is 45.7 Å². The van der Waals surface area contributed by atoms with E-state index in [9.17, 15) is 4.79 Å². The van der Waals surface area contributed by atoms with Gasteiger partial charge in [0.25, 0.3) is 0 Å². The Morgan fingerprint density at radius 2 is 2.21 bits per heavy atom. The van der Waals surface area contributed by atoms with Gasteiger partial charge in [-0.25, -0.2) is 9.48 Å². The number of rotatable bonds is 4. The van der Waals surface area contributed by atoms with Gasteiger partial charge in [-0.05, 0) is 47.0 Å². The second kappa shape index (κ2) is 5.54. The molecular formula is C13H13BrN2O3. The lowest BCUT2D eigenvalue weighted by Gasteiger charge is -2.05. The third-order valence-corrected chi connectivity index (χ3v) is 3.36. The van der Waals surface area contributed by atoms with Gasteiger partial charge in [0.15, 0.2) is 5.69 Å². The summed E-state index contributed by atoms with van der Waals surface area (Å²) in [6, 6.07) is 5.72. The lowest BCUT2D eigenvalue weighted by atomic mass is 10.2. The van der Waals surface area contributed by atoms with Gasteiger partial charge in [0.2, 0.25) is 0 Å². The molecule has 0 saturated carbocycles. The molecule has 2 rings (SSSR count). The maximum atomic E-state index is 11.1. The van der Waals surface area contributed by atoms with Crippen molar-refractivity contribution < 1.29 is 15.0 Å². The van der Waals surface area contributed by atoms with Crippen LogP contribution in [-0.4, -0.2) is 32.6 Å². The van der Waals surface area contributed by atoms with Crippen molar-refractivity contribution in [2.75, 3.05) is 6.61 Å². The van der Waals surface area contributed by atoms with Crippen molar-refractivity contribution in [1.82, 2.24) is 9.78 Å². The molecule has 2 N–H and O–H groups in total. The molecule has 0 aliphatic rings. The van der Waals surface area contributed by atoms with E-state index >= 15 is 0 Å². The number of hydrogen-bond donors (Lipinski definition) is 2. The highest BCUT2D eigenvalue weighted by atomic mass is 79.9. The normalized spacial score (nSPS) is 10.7. The largest absolute Gasteiger partial charge is 0.476 e. The quantitative estimate of drug-likeness (QED) is 0.903. The van der Waals surface area contributed by atoms with Crippen LogP contribution in [0.3, 0.4) is 0 Å². The van der Waals surface area contributed by atoms with E-state index in [1.165, 1.54) is 4.68 Å². The van der Waals surface area contributed by atoms with Crippen LogP contribution in [-0.2, 0) is 6.42 Å². The van der Waals surface area contributed by atoms with Gasteiger partial charge in [-0.3, -0.25) is 0 Å². The SMILES string of the molecule is Cc1ccc(-n2cc(CCO)c(C(=O)O)n2)c(Br)c1. The number of aromatic carboxylic acids is 1. The smallest absolute Gasteiger partial charge is 0.356 e. The number of nitrogens with zero attached hydrogens (tertiary/aromatic N) is 2. The molecule has 19 heavy (non-hydrogen) atoms. The lowest BCUT2D eigenvalue weighted by molar-refractivity contribution is 0.0688. The van der Waals surface area contributed by atoms with Gasteiger partial charge in [0.1, 0.15) is 0 Å². The number of hydrogen-bond acceptors (Lipinski definition) is 3. The van der Waals surface area contributed by atoms with E-state index in [1.54, 1.807) is 6.20 Å². The average molecular weight is 325 g/mol. The molecule has 0 fully saturated rings. The molecule has 2 aromatic rings. The first-order chi connectivity index (χ1) is 9.02.